The van der Waals surface area contributed by atoms with Crippen molar-refractivity contribution in [3.63, 3.8) is 0 Å². The summed E-state index contributed by atoms with van der Waals surface area (Å²) in [5, 5.41) is 12.8. The highest BCUT2D eigenvalue weighted by Crippen LogP contribution is 2.25. The highest BCUT2D eigenvalue weighted by molar-refractivity contribution is 5.94. The Labute approximate surface area is 132 Å². The number of likely N-dealkylation sites (N-methyl/N-ethyl adjacent to an activating group) is 1. The van der Waals surface area contributed by atoms with Crippen LogP contribution in [0.4, 0.5) is 5.69 Å². The van der Waals surface area contributed by atoms with Gasteiger partial charge in [-0.25, -0.2) is 0 Å². The summed E-state index contributed by atoms with van der Waals surface area (Å²) < 4.78 is 0. The maximum absolute atomic E-state index is 10.4. The maximum Gasteiger partial charge on any atom is 0.0841 e. The van der Waals surface area contributed by atoms with E-state index in [0.29, 0.717) is 13.1 Å². The fourth-order valence-electron chi connectivity index (χ4n) is 3.34. The fourth-order valence-corrected chi connectivity index (χ4v) is 3.34. The van der Waals surface area contributed by atoms with Crippen LogP contribution in [0.2, 0.25) is 0 Å². The van der Waals surface area contributed by atoms with Crippen molar-refractivity contribution in [3.05, 3.63) is 42.5 Å². The smallest absolute Gasteiger partial charge is 0.0841 e. The second-order valence-electron chi connectivity index (χ2n) is 6.34. The third kappa shape index (κ3) is 3.40. The second kappa shape index (κ2) is 6.65. The summed E-state index contributed by atoms with van der Waals surface area (Å²) >= 11 is 0. The largest absolute Gasteiger partial charge is 0.390 e. The number of aliphatic hydroxyl groups excluding tert-OH is 1. The Bertz CT molecular complexity index is 625. The Hall–Kier alpha value is -1.62. The van der Waals surface area contributed by atoms with Gasteiger partial charge in [0.25, 0.3) is 0 Å². The topological polar surface area (TPSA) is 52.7 Å². The number of aliphatic hydroxyl groups is 1. The van der Waals surface area contributed by atoms with Crippen LogP contribution < -0.4 is 10.6 Å². The third-order valence-electron chi connectivity index (χ3n) is 4.44. The molecule has 1 heterocycles. The van der Waals surface area contributed by atoms with Crippen molar-refractivity contribution in [2.24, 2.45) is 5.73 Å². The molecule has 1 aliphatic heterocycles. The van der Waals surface area contributed by atoms with Gasteiger partial charge in [0, 0.05) is 43.8 Å². The molecular formula is C18H25N3O. The lowest BCUT2D eigenvalue weighted by Gasteiger charge is -2.26. The number of hydrogen-bond donors (Lipinski definition) is 2. The van der Waals surface area contributed by atoms with Crippen LogP contribution in [-0.2, 0) is 0 Å². The number of likely N-dealkylation sites (tertiary alicyclic amines) is 1. The first kappa shape index (κ1) is 15.3. The van der Waals surface area contributed by atoms with Gasteiger partial charge in [0.15, 0.2) is 0 Å². The number of rotatable bonds is 5. The second-order valence-corrected chi connectivity index (χ2v) is 6.34. The molecule has 0 aromatic heterocycles. The SMILES string of the molecule is CN(CC(O)CN1CC[C@@H](N)C1)c1cccc2ccccc12. The first-order valence-corrected chi connectivity index (χ1v) is 7.98. The molecule has 0 saturated carbocycles. The third-order valence-corrected chi connectivity index (χ3v) is 4.44. The van der Waals surface area contributed by atoms with Gasteiger partial charge in [-0.15, -0.1) is 0 Å². The molecule has 22 heavy (non-hydrogen) atoms. The minimum Gasteiger partial charge on any atom is -0.390 e. The van der Waals surface area contributed by atoms with Crippen LogP contribution in [0.5, 0.6) is 0 Å². The molecule has 0 bridgehead atoms. The quantitative estimate of drug-likeness (QED) is 0.882. The van der Waals surface area contributed by atoms with Gasteiger partial charge in [-0.3, -0.25) is 4.90 Å². The van der Waals surface area contributed by atoms with Crippen LogP contribution in [0.1, 0.15) is 6.42 Å². The lowest BCUT2D eigenvalue weighted by molar-refractivity contribution is 0.130. The van der Waals surface area contributed by atoms with Gasteiger partial charge >= 0.3 is 0 Å². The van der Waals surface area contributed by atoms with Crippen molar-refractivity contribution in [3.8, 4) is 0 Å². The molecule has 3 rings (SSSR count). The maximum atomic E-state index is 10.4. The summed E-state index contributed by atoms with van der Waals surface area (Å²) in [6.45, 7) is 3.22. The summed E-state index contributed by atoms with van der Waals surface area (Å²) in [6.07, 6.45) is 0.667. The lowest BCUT2D eigenvalue weighted by Crippen LogP contribution is -2.39. The molecule has 1 saturated heterocycles. The van der Waals surface area contributed by atoms with Crippen molar-refractivity contribution in [1.29, 1.82) is 0 Å². The molecule has 2 atom stereocenters. The normalized spacial score (nSPS) is 20.4. The molecular weight excluding hydrogens is 274 g/mol. The van der Waals surface area contributed by atoms with Gasteiger partial charge in [0.2, 0.25) is 0 Å². The minimum atomic E-state index is -0.366. The molecule has 118 valence electrons. The number of hydrogen-bond acceptors (Lipinski definition) is 4. The molecule has 0 aliphatic carbocycles. The van der Waals surface area contributed by atoms with Crippen LogP contribution >= 0.6 is 0 Å². The summed E-state index contributed by atoms with van der Waals surface area (Å²) in [7, 11) is 2.04. The van der Waals surface area contributed by atoms with E-state index < -0.39 is 0 Å². The first-order chi connectivity index (χ1) is 10.6. The van der Waals surface area contributed by atoms with Gasteiger partial charge in [-0.2, -0.15) is 0 Å². The number of benzene rings is 2. The number of nitrogens with two attached hydrogens (primary N) is 1. The fraction of sp³-hybridized carbons (Fsp3) is 0.444. The summed E-state index contributed by atoms with van der Waals surface area (Å²) in [4.78, 5) is 4.40. The highest BCUT2D eigenvalue weighted by Gasteiger charge is 2.22. The molecule has 4 nitrogen and oxygen atoms in total. The number of fused-ring (bicyclic) bond motifs is 1. The average molecular weight is 299 g/mol. The Kier molecular flexibility index (Phi) is 4.62. The van der Waals surface area contributed by atoms with Crippen LogP contribution in [-0.4, -0.2) is 55.4 Å². The Balaban J connectivity index is 1.66. The Morgan fingerprint density at radius 3 is 2.82 bits per heavy atom. The molecule has 1 fully saturated rings. The van der Waals surface area contributed by atoms with E-state index in [1.54, 1.807) is 0 Å². The summed E-state index contributed by atoms with van der Waals surface area (Å²) in [5.74, 6) is 0. The van der Waals surface area contributed by atoms with E-state index in [1.165, 1.54) is 10.8 Å². The Morgan fingerprint density at radius 2 is 2.05 bits per heavy atom. The van der Waals surface area contributed by atoms with Crippen molar-refractivity contribution >= 4 is 16.5 Å². The molecule has 0 spiro atoms. The summed E-state index contributed by atoms with van der Waals surface area (Å²) in [6, 6.07) is 14.9. The predicted octanol–water partition coefficient (Wildman–Crippen LogP) is 1.67. The molecule has 4 heteroatoms. The zero-order chi connectivity index (χ0) is 15.5. The van der Waals surface area contributed by atoms with E-state index in [-0.39, 0.29) is 12.1 Å². The zero-order valence-corrected chi connectivity index (χ0v) is 13.2. The molecule has 1 unspecified atom stereocenters. The van der Waals surface area contributed by atoms with Crippen LogP contribution in [0.3, 0.4) is 0 Å². The lowest BCUT2D eigenvalue weighted by atomic mass is 10.1. The standard InChI is InChI=1S/C18H25N3O/c1-20(12-16(22)13-21-10-9-15(19)11-21)18-8-4-6-14-5-2-3-7-17(14)18/h2-8,15-16,22H,9-13,19H2,1H3/t15-,16?/m1/s1. The van der Waals surface area contributed by atoms with Crippen molar-refractivity contribution < 1.29 is 5.11 Å². The van der Waals surface area contributed by atoms with Gasteiger partial charge in [0.05, 0.1) is 6.10 Å². The number of β-amino-alcohol motifs (C(OH)–C–C–N with tert-alkyl or cyclic N) is 1. The van der Waals surface area contributed by atoms with E-state index in [2.05, 4.69) is 52.3 Å². The van der Waals surface area contributed by atoms with E-state index in [1.807, 2.05) is 7.05 Å². The number of nitrogens with zero attached hydrogens (tertiary/aromatic N) is 2. The monoisotopic (exact) mass is 299 g/mol. The van der Waals surface area contributed by atoms with Crippen molar-refractivity contribution in [1.82, 2.24) is 4.90 Å². The molecule has 0 radical (unpaired) electrons. The molecule has 0 amide bonds. The highest BCUT2D eigenvalue weighted by atomic mass is 16.3. The van der Waals surface area contributed by atoms with E-state index in [9.17, 15) is 5.11 Å². The predicted molar refractivity (Wildman–Crippen MR) is 92.3 cm³/mol. The average Bonchev–Trinajstić information content (AvgIpc) is 2.91. The van der Waals surface area contributed by atoms with Crippen LogP contribution in [0, 0.1) is 0 Å². The van der Waals surface area contributed by atoms with Gasteiger partial charge in [-0.05, 0) is 24.4 Å². The molecule has 1 aliphatic rings. The van der Waals surface area contributed by atoms with E-state index >= 15 is 0 Å². The minimum absolute atomic E-state index is 0.267. The molecule has 2 aromatic rings. The molecule has 2 aromatic carbocycles. The van der Waals surface area contributed by atoms with Gasteiger partial charge < -0.3 is 15.7 Å². The number of anilines is 1. The summed E-state index contributed by atoms with van der Waals surface area (Å²) in [5.41, 5.74) is 7.08. The van der Waals surface area contributed by atoms with E-state index in [4.69, 9.17) is 5.73 Å². The first-order valence-electron chi connectivity index (χ1n) is 7.98. The van der Waals surface area contributed by atoms with Gasteiger partial charge in [-0.1, -0.05) is 36.4 Å². The van der Waals surface area contributed by atoms with Crippen molar-refractivity contribution in [2.75, 3.05) is 38.1 Å². The van der Waals surface area contributed by atoms with E-state index in [0.717, 1.165) is 25.2 Å². The zero-order valence-electron chi connectivity index (χ0n) is 13.2. The Morgan fingerprint density at radius 1 is 1.27 bits per heavy atom. The van der Waals surface area contributed by atoms with Crippen LogP contribution in [0.25, 0.3) is 10.8 Å². The molecule has 3 N–H and O–H groups in total. The van der Waals surface area contributed by atoms with Crippen LogP contribution in [0.15, 0.2) is 42.5 Å². The van der Waals surface area contributed by atoms with Crippen molar-refractivity contribution in [2.45, 2.75) is 18.6 Å². The van der Waals surface area contributed by atoms with Gasteiger partial charge in [0.1, 0.15) is 0 Å².